The van der Waals surface area contributed by atoms with Crippen LogP contribution in [0.15, 0.2) is 0 Å². The van der Waals surface area contributed by atoms with E-state index in [9.17, 15) is 0 Å². The molecule has 1 heteroatoms. The fourth-order valence-corrected chi connectivity index (χ4v) is 2.28. The molecule has 2 unspecified atom stereocenters. The second kappa shape index (κ2) is 8.15. The maximum atomic E-state index is 3.57. The topological polar surface area (TPSA) is 12.0 Å². The highest BCUT2D eigenvalue weighted by atomic mass is 14.9. The first kappa shape index (κ1) is 15.0. The third-order valence-electron chi connectivity index (χ3n) is 3.71. The Balaban J connectivity index is 3.81. The Morgan fingerprint density at radius 1 is 0.867 bits per heavy atom. The van der Waals surface area contributed by atoms with Crippen LogP contribution in [-0.4, -0.2) is 13.1 Å². The van der Waals surface area contributed by atoms with Gasteiger partial charge in [-0.1, -0.05) is 54.4 Å². The molecular weight excluding hydrogens is 182 g/mol. The lowest BCUT2D eigenvalue weighted by Crippen LogP contribution is -2.30. The van der Waals surface area contributed by atoms with Crippen molar-refractivity contribution >= 4 is 0 Å². The SMILES string of the molecule is CCC(CC)C(C)C(C)CNCC(C)C. The molecular formula is C14H31N. The normalized spacial score (nSPS) is 16.0. The lowest BCUT2D eigenvalue weighted by molar-refractivity contribution is 0.240. The van der Waals surface area contributed by atoms with E-state index in [1.165, 1.54) is 19.4 Å². The van der Waals surface area contributed by atoms with Gasteiger partial charge in [-0.05, 0) is 36.8 Å². The van der Waals surface area contributed by atoms with Crippen LogP contribution in [0.25, 0.3) is 0 Å². The van der Waals surface area contributed by atoms with Crippen molar-refractivity contribution in [3.63, 3.8) is 0 Å². The van der Waals surface area contributed by atoms with E-state index >= 15 is 0 Å². The van der Waals surface area contributed by atoms with E-state index in [-0.39, 0.29) is 0 Å². The van der Waals surface area contributed by atoms with Crippen molar-refractivity contribution in [1.29, 1.82) is 0 Å². The molecule has 0 aliphatic carbocycles. The van der Waals surface area contributed by atoms with Crippen LogP contribution in [0.4, 0.5) is 0 Å². The second-order valence-electron chi connectivity index (χ2n) is 5.47. The molecule has 0 aliphatic rings. The molecule has 0 fully saturated rings. The lowest BCUT2D eigenvalue weighted by atomic mass is 9.81. The molecule has 0 heterocycles. The molecule has 0 rings (SSSR count). The summed E-state index contributed by atoms with van der Waals surface area (Å²) in [5.74, 6) is 3.31. The van der Waals surface area contributed by atoms with Gasteiger partial charge in [0.15, 0.2) is 0 Å². The fourth-order valence-electron chi connectivity index (χ4n) is 2.28. The van der Waals surface area contributed by atoms with Crippen molar-refractivity contribution in [2.45, 2.75) is 54.4 Å². The van der Waals surface area contributed by atoms with E-state index in [4.69, 9.17) is 0 Å². The van der Waals surface area contributed by atoms with Gasteiger partial charge < -0.3 is 5.32 Å². The van der Waals surface area contributed by atoms with Gasteiger partial charge in [-0.25, -0.2) is 0 Å². The summed E-state index contributed by atoms with van der Waals surface area (Å²) < 4.78 is 0. The van der Waals surface area contributed by atoms with E-state index < -0.39 is 0 Å². The Bertz CT molecular complexity index is 138. The predicted octanol–water partition coefficient (Wildman–Crippen LogP) is 3.94. The minimum Gasteiger partial charge on any atom is -0.316 e. The standard InChI is InChI=1S/C14H31N/c1-7-14(8-2)13(6)12(5)10-15-9-11(3)4/h11-15H,7-10H2,1-6H3. The molecule has 0 saturated carbocycles. The Labute approximate surface area is 97.0 Å². The number of rotatable bonds is 8. The van der Waals surface area contributed by atoms with Gasteiger partial charge >= 0.3 is 0 Å². The summed E-state index contributed by atoms with van der Waals surface area (Å²) in [6.07, 6.45) is 2.65. The number of hydrogen-bond acceptors (Lipinski definition) is 1. The molecule has 0 bridgehead atoms. The van der Waals surface area contributed by atoms with Crippen LogP contribution in [0, 0.1) is 23.7 Å². The molecule has 0 amide bonds. The van der Waals surface area contributed by atoms with Crippen molar-refractivity contribution in [2.75, 3.05) is 13.1 Å². The Kier molecular flexibility index (Phi) is 8.13. The fraction of sp³-hybridized carbons (Fsp3) is 1.00. The Hall–Kier alpha value is -0.0400. The van der Waals surface area contributed by atoms with Gasteiger partial charge in [-0.15, -0.1) is 0 Å². The Morgan fingerprint density at radius 3 is 1.80 bits per heavy atom. The summed E-state index contributed by atoms with van der Waals surface area (Å²) in [5, 5.41) is 3.57. The van der Waals surface area contributed by atoms with Gasteiger partial charge in [-0.2, -0.15) is 0 Å². The van der Waals surface area contributed by atoms with E-state index in [2.05, 4.69) is 46.9 Å². The van der Waals surface area contributed by atoms with E-state index in [0.29, 0.717) is 0 Å². The third kappa shape index (κ3) is 6.19. The second-order valence-corrected chi connectivity index (χ2v) is 5.47. The first-order valence-corrected chi connectivity index (χ1v) is 6.73. The highest BCUT2D eigenvalue weighted by molar-refractivity contribution is 4.71. The molecule has 1 nitrogen and oxygen atoms in total. The van der Waals surface area contributed by atoms with Crippen molar-refractivity contribution in [1.82, 2.24) is 5.32 Å². The molecule has 0 aromatic carbocycles. The van der Waals surface area contributed by atoms with Crippen LogP contribution in [0.5, 0.6) is 0 Å². The van der Waals surface area contributed by atoms with Crippen LogP contribution in [-0.2, 0) is 0 Å². The van der Waals surface area contributed by atoms with E-state index in [1.807, 2.05) is 0 Å². The number of nitrogens with one attached hydrogen (secondary N) is 1. The largest absolute Gasteiger partial charge is 0.316 e. The third-order valence-corrected chi connectivity index (χ3v) is 3.71. The first-order chi connectivity index (χ1) is 7.02. The molecule has 1 N–H and O–H groups in total. The van der Waals surface area contributed by atoms with Crippen molar-refractivity contribution in [3.8, 4) is 0 Å². The molecule has 0 aliphatic heterocycles. The van der Waals surface area contributed by atoms with Crippen LogP contribution in [0.2, 0.25) is 0 Å². The summed E-state index contributed by atoms with van der Waals surface area (Å²) in [5.41, 5.74) is 0. The monoisotopic (exact) mass is 213 g/mol. The van der Waals surface area contributed by atoms with Crippen LogP contribution < -0.4 is 5.32 Å². The molecule has 15 heavy (non-hydrogen) atoms. The molecule has 92 valence electrons. The summed E-state index contributed by atoms with van der Waals surface area (Å²) >= 11 is 0. The summed E-state index contributed by atoms with van der Waals surface area (Å²) in [6.45, 7) is 16.3. The van der Waals surface area contributed by atoms with Crippen molar-refractivity contribution in [3.05, 3.63) is 0 Å². The zero-order chi connectivity index (χ0) is 11.8. The number of hydrogen-bond donors (Lipinski definition) is 1. The van der Waals surface area contributed by atoms with E-state index in [1.54, 1.807) is 0 Å². The maximum Gasteiger partial charge on any atom is -0.00204 e. The highest BCUT2D eigenvalue weighted by Crippen LogP contribution is 2.25. The van der Waals surface area contributed by atoms with E-state index in [0.717, 1.165) is 30.2 Å². The lowest BCUT2D eigenvalue weighted by Gasteiger charge is -2.27. The van der Waals surface area contributed by atoms with Gasteiger partial charge in [0.05, 0.1) is 0 Å². The smallest absolute Gasteiger partial charge is 0.00204 e. The quantitative estimate of drug-likeness (QED) is 0.644. The average molecular weight is 213 g/mol. The maximum absolute atomic E-state index is 3.57. The van der Waals surface area contributed by atoms with Crippen LogP contribution in [0.3, 0.4) is 0 Å². The van der Waals surface area contributed by atoms with Gasteiger partial charge in [0, 0.05) is 0 Å². The molecule has 0 radical (unpaired) electrons. The van der Waals surface area contributed by atoms with Gasteiger partial charge in [-0.3, -0.25) is 0 Å². The predicted molar refractivity (Wildman–Crippen MR) is 70.1 cm³/mol. The van der Waals surface area contributed by atoms with Crippen molar-refractivity contribution in [2.24, 2.45) is 23.7 Å². The van der Waals surface area contributed by atoms with Gasteiger partial charge in [0.25, 0.3) is 0 Å². The van der Waals surface area contributed by atoms with Crippen LogP contribution in [0.1, 0.15) is 54.4 Å². The van der Waals surface area contributed by atoms with Crippen LogP contribution >= 0.6 is 0 Å². The first-order valence-electron chi connectivity index (χ1n) is 6.73. The average Bonchev–Trinajstić information content (AvgIpc) is 2.18. The minimum atomic E-state index is 0.764. The molecule has 0 saturated heterocycles. The van der Waals surface area contributed by atoms with Gasteiger partial charge in [0.2, 0.25) is 0 Å². The molecule has 0 spiro atoms. The summed E-state index contributed by atoms with van der Waals surface area (Å²) in [4.78, 5) is 0. The summed E-state index contributed by atoms with van der Waals surface area (Å²) in [6, 6.07) is 0. The van der Waals surface area contributed by atoms with Gasteiger partial charge in [0.1, 0.15) is 0 Å². The zero-order valence-electron chi connectivity index (χ0n) is 11.6. The molecule has 0 aromatic rings. The van der Waals surface area contributed by atoms with Crippen molar-refractivity contribution < 1.29 is 0 Å². The molecule has 2 atom stereocenters. The highest BCUT2D eigenvalue weighted by Gasteiger charge is 2.19. The zero-order valence-corrected chi connectivity index (χ0v) is 11.6. The minimum absolute atomic E-state index is 0.764. The molecule has 0 aromatic heterocycles. The Morgan fingerprint density at radius 2 is 1.40 bits per heavy atom. The summed E-state index contributed by atoms with van der Waals surface area (Å²) in [7, 11) is 0.